The summed E-state index contributed by atoms with van der Waals surface area (Å²) in [5.41, 5.74) is 1.94. The molecule has 1 N–H and O–H groups in total. The molecule has 6 nitrogen and oxygen atoms in total. The maximum absolute atomic E-state index is 13.0. The third-order valence-electron chi connectivity index (χ3n) is 4.81. The van der Waals surface area contributed by atoms with Crippen molar-refractivity contribution >= 4 is 34.3 Å². The highest BCUT2D eigenvalue weighted by atomic mass is 32.1. The standard InChI is InChI=1S/C21H20FN5OS/c22-17-4-5-19(24-13-17)26-21-25-18(14-29-21)16-7-10-27(11-8-16)20(28)6-3-15-2-1-9-23-12-15/h1-6,9,12-14,16H,7-8,10-11H2,(H,24,25,26). The van der Waals surface area contributed by atoms with Gasteiger partial charge in [-0.3, -0.25) is 9.78 Å². The van der Waals surface area contributed by atoms with E-state index in [0.29, 0.717) is 24.8 Å². The topological polar surface area (TPSA) is 71.0 Å². The second-order valence-electron chi connectivity index (χ2n) is 6.78. The van der Waals surface area contributed by atoms with Crippen LogP contribution >= 0.6 is 11.3 Å². The predicted octanol–water partition coefficient (Wildman–Crippen LogP) is 4.24. The molecule has 1 fully saturated rings. The molecule has 0 bridgehead atoms. The number of hydrogen-bond acceptors (Lipinski definition) is 6. The number of halogens is 1. The minimum Gasteiger partial charge on any atom is -0.339 e. The lowest BCUT2D eigenvalue weighted by Gasteiger charge is -2.30. The van der Waals surface area contributed by atoms with Gasteiger partial charge >= 0.3 is 0 Å². The number of piperidine rings is 1. The number of thiazole rings is 1. The van der Waals surface area contributed by atoms with E-state index < -0.39 is 0 Å². The monoisotopic (exact) mass is 409 g/mol. The predicted molar refractivity (Wildman–Crippen MR) is 111 cm³/mol. The summed E-state index contributed by atoms with van der Waals surface area (Å²) in [6.07, 6.45) is 9.77. The van der Waals surface area contributed by atoms with Crippen molar-refractivity contribution in [1.82, 2.24) is 19.9 Å². The molecule has 1 saturated heterocycles. The largest absolute Gasteiger partial charge is 0.339 e. The Hall–Kier alpha value is -3.13. The second kappa shape index (κ2) is 8.91. The number of rotatable bonds is 5. The van der Waals surface area contributed by atoms with Gasteiger partial charge in [0, 0.05) is 42.9 Å². The number of anilines is 2. The van der Waals surface area contributed by atoms with Crippen molar-refractivity contribution < 1.29 is 9.18 Å². The number of carbonyl (C=O) groups is 1. The molecule has 0 saturated carbocycles. The van der Waals surface area contributed by atoms with E-state index in [-0.39, 0.29) is 11.7 Å². The van der Waals surface area contributed by atoms with E-state index in [1.165, 1.54) is 23.6 Å². The zero-order chi connectivity index (χ0) is 20.1. The highest BCUT2D eigenvalue weighted by Crippen LogP contribution is 2.31. The van der Waals surface area contributed by atoms with Gasteiger partial charge in [0.15, 0.2) is 5.13 Å². The van der Waals surface area contributed by atoms with Gasteiger partial charge in [0.1, 0.15) is 11.6 Å². The lowest BCUT2D eigenvalue weighted by molar-refractivity contribution is -0.126. The molecule has 0 aliphatic carbocycles. The molecular formula is C21H20FN5OS. The molecule has 0 radical (unpaired) electrons. The van der Waals surface area contributed by atoms with E-state index in [4.69, 9.17) is 0 Å². The normalized spacial score (nSPS) is 15.0. The van der Waals surface area contributed by atoms with Crippen LogP contribution in [0.1, 0.15) is 30.0 Å². The van der Waals surface area contributed by atoms with E-state index >= 15 is 0 Å². The first-order valence-corrected chi connectivity index (χ1v) is 10.3. The van der Waals surface area contributed by atoms with Gasteiger partial charge in [0.2, 0.25) is 5.91 Å². The quantitative estimate of drug-likeness (QED) is 0.639. The van der Waals surface area contributed by atoms with E-state index in [9.17, 15) is 9.18 Å². The third-order valence-corrected chi connectivity index (χ3v) is 5.59. The van der Waals surface area contributed by atoms with Gasteiger partial charge in [-0.15, -0.1) is 11.3 Å². The summed E-state index contributed by atoms with van der Waals surface area (Å²) in [6.45, 7) is 1.42. The molecule has 148 valence electrons. The lowest BCUT2D eigenvalue weighted by Crippen LogP contribution is -2.36. The minimum absolute atomic E-state index is 0.0234. The Morgan fingerprint density at radius 2 is 2.10 bits per heavy atom. The highest BCUT2D eigenvalue weighted by Gasteiger charge is 2.24. The summed E-state index contributed by atoms with van der Waals surface area (Å²) in [4.78, 5) is 27.0. The van der Waals surface area contributed by atoms with Crippen LogP contribution in [-0.4, -0.2) is 38.8 Å². The number of aromatic nitrogens is 3. The van der Waals surface area contributed by atoms with Crippen molar-refractivity contribution in [2.24, 2.45) is 0 Å². The van der Waals surface area contributed by atoms with Crippen LogP contribution in [0.15, 0.2) is 54.3 Å². The van der Waals surface area contributed by atoms with Crippen LogP contribution < -0.4 is 5.32 Å². The molecule has 4 heterocycles. The molecule has 0 atom stereocenters. The zero-order valence-electron chi connectivity index (χ0n) is 15.7. The number of nitrogens with zero attached hydrogens (tertiary/aromatic N) is 4. The van der Waals surface area contributed by atoms with Crippen molar-refractivity contribution in [1.29, 1.82) is 0 Å². The van der Waals surface area contributed by atoms with Crippen molar-refractivity contribution in [3.63, 3.8) is 0 Å². The Labute approximate surface area is 172 Å². The average molecular weight is 409 g/mol. The molecule has 1 amide bonds. The Morgan fingerprint density at radius 1 is 1.24 bits per heavy atom. The fourth-order valence-corrected chi connectivity index (χ4v) is 4.03. The highest BCUT2D eigenvalue weighted by molar-refractivity contribution is 7.13. The van der Waals surface area contributed by atoms with Gasteiger partial charge < -0.3 is 10.2 Å². The summed E-state index contributed by atoms with van der Waals surface area (Å²) in [7, 11) is 0. The molecule has 3 aromatic rings. The Balaban J connectivity index is 1.30. The van der Waals surface area contributed by atoms with Crippen LogP contribution in [0.4, 0.5) is 15.3 Å². The molecule has 1 aliphatic heterocycles. The fraction of sp³-hybridized carbons (Fsp3) is 0.238. The first kappa shape index (κ1) is 19.2. The number of pyridine rings is 2. The van der Waals surface area contributed by atoms with Crippen molar-refractivity contribution in [3.8, 4) is 0 Å². The number of likely N-dealkylation sites (tertiary alicyclic amines) is 1. The molecule has 4 rings (SSSR count). The first-order valence-electron chi connectivity index (χ1n) is 9.38. The smallest absolute Gasteiger partial charge is 0.246 e. The Bertz CT molecular complexity index is 982. The maximum Gasteiger partial charge on any atom is 0.246 e. The van der Waals surface area contributed by atoms with Gasteiger partial charge in [-0.25, -0.2) is 14.4 Å². The van der Waals surface area contributed by atoms with Crippen molar-refractivity contribution in [2.45, 2.75) is 18.8 Å². The van der Waals surface area contributed by atoms with E-state index in [1.807, 2.05) is 22.4 Å². The molecule has 0 aromatic carbocycles. The lowest BCUT2D eigenvalue weighted by atomic mass is 9.94. The zero-order valence-corrected chi connectivity index (χ0v) is 16.5. The number of carbonyl (C=O) groups excluding carboxylic acids is 1. The number of nitrogens with one attached hydrogen (secondary N) is 1. The van der Waals surface area contributed by atoms with Gasteiger partial charge in [-0.05, 0) is 42.7 Å². The first-order chi connectivity index (χ1) is 14.2. The molecule has 8 heteroatoms. The molecule has 0 unspecified atom stereocenters. The van der Waals surface area contributed by atoms with Crippen LogP contribution in [0.25, 0.3) is 6.08 Å². The summed E-state index contributed by atoms with van der Waals surface area (Å²) >= 11 is 1.50. The molecule has 1 aliphatic rings. The van der Waals surface area contributed by atoms with Crippen LogP contribution in [0.2, 0.25) is 0 Å². The van der Waals surface area contributed by atoms with Crippen molar-refractivity contribution in [2.75, 3.05) is 18.4 Å². The van der Waals surface area contributed by atoms with Gasteiger partial charge in [0.05, 0.1) is 11.9 Å². The van der Waals surface area contributed by atoms with Crippen LogP contribution in [0.3, 0.4) is 0 Å². The SMILES string of the molecule is O=C(C=Cc1cccnc1)N1CCC(c2csc(Nc3ccc(F)cn3)n2)CC1. The van der Waals surface area contributed by atoms with Crippen molar-refractivity contribution in [3.05, 3.63) is 71.4 Å². The summed E-state index contributed by atoms with van der Waals surface area (Å²) in [6, 6.07) is 6.70. The van der Waals surface area contributed by atoms with Gasteiger partial charge in [0.25, 0.3) is 0 Å². The number of amides is 1. The van der Waals surface area contributed by atoms with E-state index in [0.717, 1.165) is 29.2 Å². The molecule has 3 aromatic heterocycles. The summed E-state index contributed by atoms with van der Waals surface area (Å²) < 4.78 is 13.0. The molecular weight excluding hydrogens is 389 g/mol. The fourth-order valence-electron chi connectivity index (χ4n) is 3.23. The van der Waals surface area contributed by atoms with Gasteiger partial charge in [-0.2, -0.15) is 0 Å². The van der Waals surface area contributed by atoms with E-state index in [1.54, 1.807) is 30.6 Å². The van der Waals surface area contributed by atoms with Crippen LogP contribution in [0, 0.1) is 5.82 Å². The maximum atomic E-state index is 13.0. The van der Waals surface area contributed by atoms with E-state index in [2.05, 4.69) is 20.3 Å². The summed E-state index contributed by atoms with van der Waals surface area (Å²) in [5, 5.41) is 5.87. The minimum atomic E-state index is -0.369. The number of hydrogen-bond donors (Lipinski definition) is 1. The average Bonchev–Trinajstić information content (AvgIpc) is 3.23. The van der Waals surface area contributed by atoms with Gasteiger partial charge in [-0.1, -0.05) is 6.07 Å². The molecule has 0 spiro atoms. The van der Waals surface area contributed by atoms with Crippen LogP contribution in [0.5, 0.6) is 0 Å². The Morgan fingerprint density at radius 3 is 2.83 bits per heavy atom. The Kier molecular flexibility index (Phi) is 5.90. The summed E-state index contributed by atoms with van der Waals surface area (Å²) in [5.74, 6) is 0.546. The van der Waals surface area contributed by atoms with Crippen LogP contribution in [-0.2, 0) is 4.79 Å². The third kappa shape index (κ3) is 5.03. The second-order valence-corrected chi connectivity index (χ2v) is 7.64. The molecule has 29 heavy (non-hydrogen) atoms.